The van der Waals surface area contributed by atoms with Crippen LogP contribution in [-0.2, 0) is 6.54 Å². The number of benzene rings is 2. The van der Waals surface area contributed by atoms with Crippen molar-refractivity contribution in [3.63, 3.8) is 0 Å². The van der Waals surface area contributed by atoms with E-state index in [1.807, 2.05) is 36.1 Å². The van der Waals surface area contributed by atoms with Gasteiger partial charge in [-0.25, -0.2) is 4.79 Å². The topological polar surface area (TPSA) is 61.4 Å². The Hall–Kier alpha value is -2.82. The molecule has 0 atom stereocenters. The smallest absolute Gasteiger partial charge is 0.319 e. The lowest BCUT2D eigenvalue weighted by Gasteiger charge is -2.26. The molecule has 2 N–H and O–H groups in total. The van der Waals surface area contributed by atoms with E-state index in [1.165, 1.54) is 6.42 Å². The highest BCUT2D eigenvalue weighted by molar-refractivity contribution is 5.97. The lowest BCUT2D eigenvalue weighted by molar-refractivity contribution is 0.0724. The van der Waals surface area contributed by atoms with Gasteiger partial charge in [-0.2, -0.15) is 0 Å². The zero-order valence-electron chi connectivity index (χ0n) is 15.1. The number of amides is 3. The van der Waals surface area contributed by atoms with Crippen LogP contribution in [0.1, 0.15) is 40.7 Å². The third-order valence-corrected chi connectivity index (χ3v) is 4.55. The lowest BCUT2D eigenvalue weighted by Crippen LogP contribution is -2.35. The monoisotopic (exact) mass is 351 g/mol. The second-order valence-electron chi connectivity index (χ2n) is 6.73. The highest BCUT2D eigenvalue weighted by atomic mass is 16.2. The van der Waals surface area contributed by atoms with E-state index in [0.717, 1.165) is 37.1 Å². The predicted molar refractivity (Wildman–Crippen MR) is 103 cm³/mol. The van der Waals surface area contributed by atoms with Gasteiger partial charge in [-0.3, -0.25) is 4.79 Å². The molecule has 2 aromatic rings. The molecule has 5 nitrogen and oxygen atoms in total. The lowest BCUT2D eigenvalue weighted by atomic mass is 10.1. The summed E-state index contributed by atoms with van der Waals surface area (Å²) in [5.41, 5.74) is 3.45. The van der Waals surface area contributed by atoms with Crippen molar-refractivity contribution in [2.24, 2.45) is 0 Å². The van der Waals surface area contributed by atoms with Gasteiger partial charge < -0.3 is 15.5 Å². The molecule has 0 spiro atoms. The van der Waals surface area contributed by atoms with E-state index in [9.17, 15) is 9.59 Å². The van der Waals surface area contributed by atoms with Crippen LogP contribution in [0.15, 0.2) is 48.5 Å². The molecule has 1 aliphatic heterocycles. The molecule has 26 heavy (non-hydrogen) atoms. The first-order valence-electron chi connectivity index (χ1n) is 9.11. The summed E-state index contributed by atoms with van der Waals surface area (Å²) in [6.07, 6.45) is 3.31. The van der Waals surface area contributed by atoms with Gasteiger partial charge in [-0.05, 0) is 49.9 Å². The number of hydrogen-bond donors (Lipinski definition) is 2. The van der Waals surface area contributed by atoms with Crippen molar-refractivity contribution < 1.29 is 9.59 Å². The number of urea groups is 1. The molecule has 0 saturated carbocycles. The summed E-state index contributed by atoms with van der Waals surface area (Å²) in [4.78, 5) is 26.6. The molecule has 3 rings (SSSR count). The second kappa shape index (κ2) is 8.52. The van der Waals surface area contributed by atoms with Gasteiger partial charge >= 0.3 is 6.03 Å². The minimum Gasteiger partial charge on any atom is -0.339 e. The molecule has 0 aliphatic carbocycles. The third kappa shape index (κ3) is 4.85. The normalized spacial score (nSPS) is 14.0. The van der Waals surface area contributed by atoms with Crippen molar-refractivity contribution in [1.29, 1.82) is 0 Å². The standard InChI is InChI=1S/C21H25N3O2/c1-16-7-5-8-17(13-16)15-22-21(26)23-19-10-6-9-18(14-19)20(25)24-11-3-2-4-12-24/h5-10,13-14H,2-4,11-12,15H2,1H3,(H2,22,23,26). The van der Waals surface area contributed by atoms with Gasteiger partial charge in [0.25, 0.3) is 5.91 Å². The third-order valence-electron chi connectivity index (χ3n) is 4.55. The summed E-state index contributed by atoms with van der Waals surface area (Å²) in [6, 6.07) is 14.9. The number of likely N-dealkylation sites (tertiary alicyclic amines) is 1. The second-order valence-corrected chi connectivity index (χ2v) is 6.73. The first-order chi connectivity index (χ1) is 12.6. The molecule has 1 aliphatic rings. The Morgan fingerprint density at radius 1 is 1.00 bits per heavy atom. The number of anilines is 1. The van der Waals surface area contributed by atoms with Crippen LogP contribution in [0.3, 0.4) is 0 Å². The SMILES string of the molecule is Cc1cccc(CNC(=O)Nc2cccc(C(=O)N3CCCCC3)c2)c1. The minimum atomic E-state index is -0.283. The Morgan fingerprint density at radius 3 is 2.54 bits per heavy atom. The van der Waals surface area contributed by atoms with Gasteiger partial charge in [0.15, 0.2) is 0 Å². The largest absolute Gasteiger partial charge is 0.339 e. The highest BCUT2D eigenvalue weighted by Gasteiger charge is 2.18. The number of nitrogens with zero attached hydrogens (tertiary/aromatic N) is 1. The van der Waals surface area contributed by atoms with Crippen molar-refractivity contribution >= 4 is 17.6 Å². The quantitative estimate of drug-likeness (QED) is 0.876. The van der Waals surface area contributed by atoms with Gasteiger partial charge in [0.05, 0.1) is 0 Å². The fourth-order valence-corrected chi connectivity index (χ4v) is 3.19. The van der Waals surface area contributed by atoms with Gasteiger partial charge in [-0.1, -0.05) is 35.9 Å². The van der Waals surface area contributed by atoms with Crippen LogP contribution in [0.2, 0.25) is 0 Å². The van der Waals surface area contributed by atoms with Gasteiger partial charge in [0.2, 0.25) is 0 Å². The number of hydrogen-bond acceptors (Lipinski definition) is 2. The molecule has 5 heteroatoms. The van der Waals surface area contributed by atoms with Crippen molar-refractivity contribution in [3.8, 4) is 0 Å². The van der Waals surface area contributed by atoms with Crippen molar-refractivity contribution in [2.45, 2.75) is 32.7 Å². The van der Waals surface area contributed by atoms with Crippen LogP contribution in [0, 0.1) is 6.92 Å². The average Bonchev–Trinajstić information content (AvgIpc) is 2.67. The molecule has 136 valence electrons. The number of carbonyl (C=O) groups excluding carboxylic acids is 2. The van der Waals surface area contributed by atoms with Crippen LogP contribution in [-0.4, -0.2) is 29.9 Å². The summed E-state index contributed by atoms with van der Waals surface area (Å²) in [5.74, 6) is 0.0357. The Balaban J connectivity index is 1.57. The average molecular weight is 351 g/mol. The van der Waals surface area contributed by atoms with E-state index >= 15 is 0 Å². The van der Waals surface area contributed by atoms with Gasteiger partial charge in [0, 0.05) is 30.9 Å². The summed E-state index contributed by atoms with van der Waals surface area (Å²) >= 11 is 0. The van der Waals surface area contributed by atoms with Crippen LogP contribution < -0.4 is 10.6 Å². The number of nitrogens with one attached hydrogen (secondary N) is 2. The first-order valence-corrected chi connectivity index (χ1v) is 9.11. The van der Waals surface area contributed by atoms with Crippen molar-refractivity contribution in [1.82, 2.24) is 10.2 Å². The molecule has 0 aromatic heterocycles. The van der Waals surface area contributed by atoms with Crippen molar-refractivity contribution in [2.75, 3.05) is 18.4 Å². The highest BCUT2D eigenvalue weighted by Crippen LogP contribution is 2.16. The van der Waals surface area contributed by atoms with Gasteiger partial charge in [0.1, 0.15) is 0 Å². The molecule has 0 radical (unpaired) electrons. The van der Waals surface area contributed by atoms with E-state index in [2.05, 4.69) is 10.6 Å². The Morgan fingerprint density at radius 2 is 1.77 bits per heavy atom. The Bertz CT molecular complexity index is 782. The summed E-state index contributed by atoms with van der Waals surface area (Å²) < 4.78 is 0. The maximum atomic E-state index is 12.6. The van der Waals surface area contributed by atoms with E-state index in [0.29, 0.717) is 17.8 Å². The molecule has 0 unspecified atom stereocenters. The number of aryl methyl sites for hydroxylation is 1. The minimum absolute atomic E-state index is 0.0357. The fraction of sp³-hybridized carbons (Fsp3) is 0.333. The summed E-state index contributed by atoms with van der Waals surface area (Å²) in [7, 11) is 0. The molecular formula is C21H25N3O2. The number of rotatable bonds is 4. The Labute approximate surface area is 154 Å². The van der Waals surface area contributed by atoms with E-state index in [-0.39, 0.29) is 11.9 Å². The fourth-order valence-electron chi connectivity index (χ4n) is 3.19. The van der Waals surface area contributed by atoms with Crippen molar-refractivity contribution in [3.05, 3.63) is 65.2 Å². The summed E-state index contributed by atoms with van der Waals surface area (Å²) in [5, 5.41) is 5.65. The molecule has 2 aromatic carbocycles. The van der Waals surface area contributed by atoms with E-state index < -0.39 is 0 Å². The van der Waals surface area contributed by atoms with Crippen LogP contribution in [0.4, 0.5) is 10.5 Å². The van der Waals surface area contributed by atoms with Crippen LogP contribution >= 0.6 is 0 Å². The molecular weight excluding hydrogens is 326 g/mol. The number of carbonyl (C=O) groups is 2. The molecule has 1 saturated heterocycles. The van der Waals surface area contributed by atoms with E-state index in [4.69, 9.17) is 0 Å². The van der Waals surface area contributed by atoms with Crippen LogP contribution in [0.25, 0.3) is 0 Å². The Kier molecular flexibility index (Phi) is 5.89. The molecule has 1 heterocycles. The van der Waals surface area contributed by atoms with Crippen LogP contribution in [0.5, 0.6) is 0 Å². The molecule has 3 amide bonds. The zero-order valence-corrected chi connectivity index (χ0v) is 15.1. The molecule has 0 bridgehead atoms. The summed E-state index contributed by atoms with van der Waals surface area (Å²) in [6.45, 7) is 4.11. The number of piperidine rings is 1. The molecule has 1 fully saturated rings. The zero-order chi connectivity index (χ0) is 18.4. The predicted octanol–water partition coefficient (Wildman–Crippen LogP) is 3.94. The van der Waals surface area contributed by atoms with Gasteiger partial charge in [-0.15, -0.1) is 0 Å². The maximum Gasteiger partial charge on any atom is 0.319 e. The maximum absolute atomic E-state index is 12.6. The first kappa shape index (κ1) is 18.0. The van der Waals surface area contributed by atoms with E-state index in [1.54, 1.807) is 24.3 Å².